The lowest BCUT2D eigenvalue weighted by Crippen LogP contribution is -2.20. The highest BCUT2D eigenvalue weighted by atomic mass is 32.2. The Morgan fingerprint density at radius 1 is 1.20 bits per heavy atom. The second kappa shape index (κ2) is 8.34. The number of unbranched alkanes of at least 4 members (excludes halogenated alkanes) is 2. The van der Waals surface area contributed by atoms with E-state index >= 15 is 0 Å². The SMILES string of the molecule is CCCCOC(=O)CC(S)(S)CCCC. The quantitative estimate of drug-likeness (QED) is 0.299. The van der Waals surface area contributed by atoms with Crippen LogP contribution in [-0.4, -0.2) is 16.7 Å². The number of hydrogen-bond acceptors (Lipinski definition) is 4. The first-order chi connectivity index (χ1) is 7.02. The summed E-state index contributed by atoms with van der Waals surface area (Å²) in [5, 5.41) is 0. The van der Waals surface area contributed by atoms with Crippen LogP contribution in [0.15, 0.2) is 0 Å². The van der Waals surface area contributed by atoms with Gasteiger partial charge in [-0.2, -0.15) is 25.3 Å². The normalized spacial score (nSPS) is 11.5. The van der Waals surface area contributed by atoms with Crippen molar-refractivity contribution in [3.8, 4) is 0 Å². The molecule has 0 saturated carbocycles. The first-order valence-corrected chi connectivity index (χ1v) is 6.51. The van der Waals surface area contributed by atoms with E-state index in [2.05, 4.69) is 39.1 Å². The van der Waals surface area contributed by atoms with E-state index in [1.54, 1.807) is 0 Å². The molecule has 0 rings (SSSR count). The molecule has 0 aliphatic rings. The molecule has 0 saturated heterocycles. The smallest absolute Gasteiger partial charge is 0.308 e. The Hall–Kier alpha value is 0.170. The van der Waals surface area contributed by atoms with Gasteiger partial charge in [-0.3, -0.25) is 4.79 Å². The van der Waals surface area contributed by atoms with E-state index < -0.39 is 4.08 Å². The maximum Gasteiger partial charge on any atom is 0.308 e. The fraction of sp³-hybridized carbons (Fsp3) is 0.909. The van der Waals surface area contributed by atoms with E-state index in [1.165, 1.54) is 0 Å². The van der Waals surface area contributed by atoms with Crippen molar-refractivity contribution in [2.75, 3.05) is 6.61 Å². The lowest BCUT2D eigenvalue weighted by atomic mass is 10.1. The summed E-state index contributed by atoms with van der Waals surface area (Å²) in [4.78, 5) is 11.4. The molecule has 0 aromatic heterocycles. The molecule has 0 amide bonds. The van der Waals surface area contributed by atoms with E-state index in [9.17, 15) is 4.79 Å². The summed E-state index contributed by atoms with van der Waals surface area (Å²) >= 11 is 8.74. The first kappa shape index (κ1) is 15.2. The number of ether oxygens (including phenoxy) is 1. The average molecular weight is 250 g/mol. The molecule has 0 bridgehead atoms. The predicted molar refractivity (Wildman–Crippen MR) is 70.7 cm³/mol. The molecule has 90 valence electrons. The minimum absolute atomic E-state index is 0.190. The van der Waals surface area contributed by atoms with Crippen molar-refractivity contribution >= 4 is 31.2 Å². The van der Waals surface area contributed by atoms with Crippen molar-refractivity contribution < 1.29 is 9.53 Å². The number of rotatable bonds is 8. The minimum atomic E-state index is -0.515. The molecular weight excluding hydrogens is 228 g/mol. The molecule has 0 heterocycles. The monoisotopic (exact) mass is 250 g/mol. The van der Waals surface area contributed by atoms with Crippen LogP contribution in [0.4, 0.5) is 0 Å². The Labute approximate surface area is 104 Å². The van der Waals surface area contributed by atoms with Gasteiger partial charge < -0.3 is 4.74 Å². The lowest BCUT2D eigenvalue weighted by molar-refractivity contribution is -0.143. The maximum atomic E-state index is 11.4. The minimum Gasteiger partial charge on any atom is -0.466 e. The lowest BCUT2D eigenvalue weighted by Gasteiger charge is -2.21. The highest BCUT2D eigenvalue weighted by Gasteiger charge is 2.24. The van der Waals surface area contributed by atoms with Crippen LogP contribution in [0, 0.1) is 0 Å². The standard InChI is InChI=1S/C11H22O2S2/c1-3-5-7-11(14,15)9-10(12)13-8-6-4-2/h14-15H,3-9H2,1-2H3. The molecule has 0 radical (unpaired) electrons. The second-order valence-electron chi connectivity index (χ2n) is 3.84. The molecule has 0 fully saturated rings. The van der Waals surface area contributed by atoms with Crippen LogP contribution in [0.5, 0.6) is 0 Å². The van der Waals surface area contributed by atoms with E-state index in [0.29, 0.717) is 6.61 Å². The Kier molecular flexibility index (Phi) is 8.43. The molecule has 2 nitrogen and oxygen atoms in total. The van der Waals surface area contributed by atoms with Gasteiger partial charge in [-0.05, 0) is 12.8 Å². The third-order valence-corrected chi connectivity index (χ3v) is 2.88. The van der Waals surface area contributed by atoms with Gasteiger partial charge in [-0.15, -0.1) is 0 Å². The fourth-order valence-corrected chi connectivity index (χ4v) is 1.74. The molecular formula is C11H22O2S2. The Morgan fingerprint density at radius 2 is 1.80 bits per heavy atom. The first-order valence-electron chi connectivity index (χ1n) is 5.62. The van der Waals surface area contributed by atoms with Gasteiger partial charge in [-0.1, -0.05) is 33.1 Å². The predicted octanol–water partition coefficient (Wildman–Crippen LogP) is 3.47. The largest absolute Gasteiger partial charge is 0.466 e. The third-order valence-electron chi connectivity index (χ3n) is 2.12. The van der Waals surface area contributed by atoms with Gasteiger partial charge >= 0.3 is 5.97 Å². The van der Waals surface area contributed by atoms with Gasteiger partial charge in [0.2, 0.25) is 0 Å². The Balaban J connectivity index is 3.72. The molecule has 0 unspecified atom stereocenters. The van der Waals surface area contributed by atoms with Crippen LogP contribution < -0.4 is 0 Å². The van der Waals surface area contributed by atoms with Crippen molar-refractivity contribution in [1.82, 2.24) is 0 Å². The van der Waals surface area contributed by atoms with Crippen molar-refractivity contribution in [3.63, 3.8) is 0 Å². The van der Waals surface area contributed by atoms with Gasteiger partial charge in [0.05, 0.1) is 17.1 Å². The summed E-state index contributed by atoms with van der Waals surface area (Å²) in [6.07, 6.45) is 5.20. The zero-order valence-corrected chi connectivity index (χ0v) is 11.4. The summed E-state index contributed by atoms with van der Waals surface area (Å²) in [5.41, 5.74) is 0. The topological polar surface area (TPSA) is 26.3 Å². The van der Waals surface area contributed by atoms with E-state index in [4.69, 9.17) is 4.74 Å². The molecule has 0 atom stereocenters. The highest BCUT2D eigenvalue weighted by Crippen LogP contribution is 2.30. The molecule has 0 aliphatic carbocycles. The van der Waals surface area contributed by atoms with Gasteiger partial charge in [0.15, 0.2) is 0 Å². The second-order valence-corrected chi connectivity index (χ2v) is 5.90. The zero-order chi connectivity index (χ0) is 11.7. The molecule has 0 aliphatic heterocycles. The highest BCUT2D eigenvalue weighted by molar-refractivity contribution is 8.00. The van der Waals surface area contributed by atoms with Crippen LogP contribution >= 0.6 is 25.3 Å². The van der Waals surface area contributed by atoms with Crippen LogP contribution in [0.3, 0.4) is 0 Å². The molecule has 0 aromatic carbocycles. The van der Waals surface area contributed by atoms with E-state index in [1.807, 2.05) is 0 Å². The molecule has 0 aromatic rings. The number of esters is 1. The Bertz CT molecular complexity index is 181. The summed E-state index contributed by atoms with van der Waals surface area (Å²) in [6.45, 7) is 4.69. The molecule has 4 heteroatoms. The van der Waals surface area contributed by atoms with E-state index in [0.717, 1.165) is 32.1 Å². The van der Waals surface area contributed by atoms with Gasteiger partial charge in [0.25, 0.3) is 0 Å². The Morgan fingerprint density at radius 3 is 2.33 bits per heavy atom. The van der Waals surface area contributed by atoms with Gasteiger partial charge in [0, 0.05) is 0 Å². The van der Waals surface area contributed by atoms with Crippen LogP contribution in [0.25, 0.3) is 0 Å². The third kappa shape index (κ3) is 9.12. The summed E-state index contributed by atoms with van der Waals surface area (Å²) in [7, 11) is 0. The summed E-state index contributed by atoms with van der Waals surface area (Å²) in [6, 6.07) is 0. The van der Waals surface area contributed by atoms with Crippen LogP contribution in [0.1, 0.15) is 52.4 Å². The van der Waals surface area contributed by atoms with Crippen LogP contribution in [-0.2, 0) is 9.53 Å². The van der Waals surface area contributed by atoms with Crippen molar-refractivity contribution in [3.05, 3.63) is 0 Å². The average Bonchev–Trinajstić information content (AvgIpc) is 2.14. The number of carbonyl (C=O) groups excluding carboxylic acids is 1. The van der Waals surface area contributed by atoms with Crippen LogP contribution in [0.2, 0.25) is 0 Å². The molecule has 15 heavy (non-hydrogen) atoms. The van der Waals surface area contributed by atoms with E-state index in [-0.39, 0.29) is 12.4 Å². The van der Waals surface area contributed by atoms with Gasteiger partial charge in [0.1, 0.15) is 0 Å². The fourth-order valence-electron chi connectivity index (χ4n) is 1.16. The maximum absolute atomic E-state index is 11.4. The zero-order valence-electron chi connectivity index (χ0n) is 9.66. The number of carbonyl (C=O) groups is 1. The number of thiol groups is 2. The van der Waals surface area contributed by atoms with Crippen molar-refractivity contribution in [2.24, 2.45) is 0 Å². The number of hydrogen-bond donors (Lipinski definition) is 2. The van der Waals surface area contributed by atoms with Crippen molar-refractivity contribution in [1.29, 1.82) is 0 Å². The van der Waals surface area contributed by atoms with Crippen molar-refractivity contribution in [2.45, 2.75) is 56.5 Å². The summed E-state index contributed by atoms with van der Waals surface area (Å²) in [5.74, 6) is -0.190. The van der Waals surface area contributed by atoms with Gasteiger partial charge in [-0.25, -0.2) is 0 Å². The molecule has 0 N–H and O–H groups in total. The molecule has 0 spiro atoms. The summed E-state index contributed by atoms with van der Waals surface area (Å²) < 4.78 is 4.55.